The van der Waals surface area contributed by atoms with Crippen molar-refractivity contribution in [2.75, 3.05) is 6.61 Å². The maximum atomic E-state index is 9.24. The molecule has 2 fully saturated rings. The van der Waals surface area contributed by atoms with E-state index in [4.69, 9.17) is 0 Å². The highest BCUT2D eigenvalue weighted by Gasteiger charge is 2.36. The number of aliphatic hydroxyl groups is 1. The highest BCUT2D eigenvalue weighted by Crippen LogP contribution is 2.44. The summed E-state index contributed by atoms with van der Waals surface area (Å²) in [5, 5.41) is 13.1. The van der Waals surface area contributed by atoms with Crippen LogP contribution in [0.15, 0.2) is 0 Å². The van der Waals surface area contributed by atoms with E-state index in [0.29, 0.717) is 18.7 Å². The van der Waals surface area contributed by atoms with Crippen LogP contribution < -0.4 is 5.32 Å². The van der Waals surface area contributed by atoms with E-state index in [-0.39, 0.29) is 5.41 Å². The topological polar surface area (TPSA) is 32.3 Å². The molecule has 0 aromatic carbocycles. The molecule has 0 amide bonds. The Bertz CT molecular complexity index is 254. The van der Waals surface area contributed by atoms with Crippen LogP contribution in [0.4, 0.5) is 0 Å². The average molecular weight is 253 g/mol. The fourth-order valence-corrected chi connectivity index (χ4v) is 3.55. The molecule has 0 radical (unpaired) electrons. The van der Waals surface area contributed by atoms with Crippen molar-refractivity contribution in [2.24, 2.45) is 17.3 Å². The first-order valence-corrected chi connectivity index (χ1v) is 7.87. The van der Waals surface area contributed by atoms with E-state index < -0.39 is 0 Å². The lowest BCUT2D eigenvalue weighted by Crippen LogP contribution is -2.48. The van der Waals surface area contributed by atoms with Crippen molar-refractivity contribution in [3.63, 3.8) is 0 Å². The minimum Gasteiger partial charge on any atom is -0.396 e. The summed E-state index contributed by atoms with van der Waals surface area (Å²) in [5.74, 6) is 2.05. The Morgan fingerprint density at radius 1 is 1.11 bits per heavy atom. The van der Waals surface area contributed by atoms with E-state index in [1.165, 1.54) is 38.5 Å². The summed E-state index contributed by atoms with van der Waals surface area (Å²) in [5.41, 5.74) is 0.245. The van der Waals surface area contributed by atoms with Crippen LogP contribution in [0.25, 0.3) is 0 Å². The van der Waals surface area contributed by atoms with Gasteiger partial charge in [-0.25, -0.2) is 0 Å². The summed E-state index contributed by atoms with van der Waals surface area (Å²) in [6.07, 6.45) is 9.42. The summed E-state index contributed by atoms with van der Waals surface area (Å²) in [6.45, 7) is 7.14. The van der Waals surface area contributed by atoms with Crippen molar-refractivity contribution in [2.45, 2.75) is 77.8 Å². The summed E-state index contributed by atoms with van der Waals surface area (Å²) in [7, 11) is 0. The smallest absolute Gasteiger partial charge is 0.0446 e. The molecule has 2 N–H and O–H groups in total. The summed E-state index contributed by atoms with van der Waals surface area (Å²) >= 11 is 0. The molecule has 0 aromatic heterocycles. The Hall–Kier alpha value is -0.0800. The quantitative estimate of drug-likeness (QED) is 0.787. The van der Waals surface area contributed by atoms with Crippen LogP contribution in [0.5, 0.6) is 0 Å². The van der Waals surface area contributed by atoms with Crippen LogP contribution in [0.3, 0.4) is 0 Å². The lowest BCUT2D eigenvalue weighted by Gasteiger charge is -2.38. The average Bonchev–Trinajstić information content (AvgIpc) is 3.11. The summed E-state index contributed by atoms with van der Waals surface area (Å²) < 4.78 is 0. The number of hydrogen-bond acceptors (Lipinski definition) is 2. The lowest BCUT2D eigenvalue weighted by atomic mass is 9.80. The van der Waals surface area contributed by atoms with Gasteiger partial charge in [-0.3, -0.25) is 0 Å². The third kappa shape index (κ3) is 3.96. The zero-order valence-electron chi connectivity index (χ0n) is 12.4. The molecular weight excluding hydrogens is 222 g/mol. The zero-order chi connectivity index (χ0) is 13.2. The molecule has 0 heterocycles. The molecule has 0 aliphatic heterocycles. The normalized spacial score (nSPS) is 31.3. The van der Waals surface area contributed by atoms with Crippen molar-refractivity contribution in [3.05, 3.63) is 0 Å². The number of hydrogen-bond donors (Lipinski definition) is 2. The number of nitrogens with one attached hydrogen (secondary N) is 1. The van der Waals surface area contributed by atoms with Gasteiger partial charge in [-0.05, 0) is 49.4 Å². The highest BCUT2D eigenvalue weighted by atomic mass is 16.3. The highest BCUT2D eigenvalue weighted by molar-refractivity contribution is 4.90. The predicted molar refractivity (Wildman–Crippen MR) is 76.6 cm³/mol. The number of aliphatic hydroxyl groups excluding tert-OH is 1. The summed E-state index contributed by atoms with van der Waals surface area (Å²) in [4.78, 5) is 0. The van der Waals surface area contributed by atoms with Crippen LogP contribution in [0.2, 0.25) is 0 Å². The first kappa shape index (κ1) is 14.3. The van der Waals surface area contributed by atoms with Gasteiger partial charge in [0.05, 0.1) is 0 Å². The van der Waals surface area contributed by atoms with Crippen molar-refractivity contribution in [3.8, 4) is 0 Å². The van der Waals surface area contributed by atoms with Crippen LogP contribution in [-0.4, -0.2) is 23.8 Å². The SMILES string of the molecule is CC(C)(C)C(CCO)NC1CCCC(C2CC2)C1. The van der Waals surface area contributed by atoms with Crippen LogP contribution in [0.1, 0.15) is 65.7 Å². The van der Waals surface area contributed by atoms with E-state index in [1.54, 1.807) is 0 Å². The van der Waals surface area contributed by atoms with Gasteiger partial charge in [-0.1, -0.05) is 33.6 Å². The fraction of sp³-hybridized carbons (Fsp3) is 1.00. The molecule has 0 bridgehead atoms. The molecule has 3 atom stereocenters. The van der Waals surface area contributed by atoms with E-state index in [0.717, 1.165) is 18.3 Å². The Balaban J connectivity index is 1.85. The molecule has 18 heavy (non-hydrogen) atoms. The van der Waals surface area contributed by atoms with Crippen molar-refractivity contribution >= 4 is 0 Å². The molecule has 0 spiro atoms. The largest absolute Gasteiger partial charge is 0.396 e. The second-order valence-corrected chi connectivity index (χ2v) is 7.56. The van der Waals surface area contributed by atoms with Gasteiger partial charge in [-0.15, -0.1) is 0 Å². The molecular formula is C16H31NO. The molecule has 3 unspecified atom stereocenters. The van der Waals surface area contributed by atoms with E-state index >= 15 is 0 Å². The Morgan fingerprint density at radius 3 is 2.39 bits per heavy atom. The standard InChI is InChI=1S/C16H31NO/c1-16(2,3)15(9-10-18)17-14-6-4-5-13(11-14)12-7-8-12/h12-15,17-18H,4-11H2,1-3H3. The third-order valence-corrected chi connectivity index (χ3v) is 4.90. The van der Waals surface area contributed by atoms with E-state index in [1.807, 2.05) is 0 Å². The van der Waals surface area contributed by atoms with Gasteiger partial charge < -0.3 is 10.4 Å². The number of rotatable bonds is 5. The second kappa shape index (κ2) is 5.92. The van der Waals surface area contributed by atoms with Crippen LogP contribution >= 0.6 is 0 Å². The van der Waals surface area contributed by atoms with Gasteiger partial charge in [-0.2, -0.15) is 0 Å². The van der Waals surface area contributed by atoms with Crippen molar-refractivity contribution in [1.82, 2.24) is 5.32 Å². The maximum Gasteiger partial charge on any atom is 0.0446 e. The molecule has 2 heteroatoms. The molecule has 2 aliphatic carbocycles. The van der Waals surface area contributed by atoms with E-state index in [9.17, 15) is 5.11 Å². The molecule has 106 valence electrons. The monoisotopic (exact) mass is 253 g/mol. The fourth-order valence-electron chi connectivity index (χ4n) is 3.55. The molecule has 2 nitrogen and oxygen atoms in total. The molecule has 2 aliphatic rings. The third-order valence-electron chi connectivity index (χ3n) is 4.90. The van der Waals surface area contributed by atoms with Gasteiger partial charge in [0, 0.05) is 18.7 Å². The van der Waals surface area contributed by atoms with Gasteiger partial charge in [0.25, 0.3) is 0 Å². The Morgan fingerprint density at radius 2 is 1.83 bits per heavy atom. The Labute approximate surface area is 113 Å². The maximum absolute atomic E-state index is 9.24. The Kier molecular flexibility index (Phi) is 4.71. The van der Waals surface area contributed by atoms with Crippen LogP contribution in [0, 0.1) is 17.3 Å². The van der Waals surface area contributed by atoms with Crippen molar-refractivity contribution in [1.29, 1.82) is 0 Å². The van der Waals surface area contributed by atoms with Crippen molar-refractivity contribution < 1.29 is 5.11 Å². The molecule has 2 rings (SSSR count). The summed E-state index contributed by atoms with van der Waals surface area (Å²) in [6, 6.07) is 1.14. The first-order valence-electron chi connectivity index (χ1n) is 7.87. The molecule has 0 aromatic rings. The first-order chi connectivity index (χ1) is 8.50. The van der Waals surface area contributed by atoms with Crippen LogP contribution in [-0.2, 0) is 0 Å². The zero-order valence-corrected chi connectivity index (χ0v) is 12.4. The lowest BCUT2D eigenvalue weighted by molar-refractivity contribution is 0.160. The second-order valence-electron chi connectivity index (χ2n) is 7.56. The molecule has 0 saturated heterocycles. The minimum atomic E-state index is 0.245. The predicted octanol–water partition coefficient (Wildman–Crippen LogP) is 3.34. The van der Waals surface area contributed by atoms with Gasteiger partial charge in [0.1, 0.15) is 0 Å². The van der Waals surface area contributed by atoms with Gasteiger partial charge in [0.15, 0.2) is 0 Å². The minimum absolute atomic E-state index is 0.245. The van der Waals surface area contributed by atoms with Gasteiger partial charge >= 0.3 is 0 Å². The molecule has 2 saturated carbocycles. The van der Waals surface area contributed by atoms with E-state index in [2.05, 4.69) is 26.1 Å². The van der Waals surface area contributed by atoms with Gasteiger partial charge in [0.2, 0.25) is 0 Å².